The molecule has 0 aliphatic heterocycles. The van der Waals surface area contributed by atoms with E-state index < -0.39 is 0 Å². The van der Waals surface area contributed by atoms with E-state index in [9.17, 15) is 0 Å². The van der Waals surface area contributed by atoms with Gasteiger partial charge in [0.25, 0.3) is 0 Å². The summed E-state index contributed by atoms with van der Waals surface area (Å²) in [4.78, 5) is 2.44. The van der Waals surface area contributed by atoms with E-state index in [1.54, 1.807) is 0 Å². The van der Waals surface area contributed by atoms with Gasteiger partial charge >= 0.3 is 0 Å². The van der Waals surface area contributed by atoms with Crippen molar-refractivity contribution in [3.63, 3.8) is 0 Å². The van der Waals surface area contributed by atoms with E-state index in [0.717, 1.165) is 99.9 Å². The van der Waals surface area contributed by atoms with Crippen molar-refractivity contribution in [3.8, 4) is 27.9 Å². The molecule has 0 radical (unpaired) electrons. The van der Waals surface area contributed by atoms with Gasteiger partial charge in [0.1, 0.15) is 22.3 Å². The molecule has 0 bridgehead atoms. The summed E-state index contributed by atoms with van der Waals surface area (Å²) in [6.45, 7) is 0. The lowest BCUT2D eigenvalue weighted by atomic mass is 9.96. The van der Waals surface area contributed by atoms with E-state index in [1.165, 1.54) is 32.3 Å². The second kappa shape index (κ2) is 14.3. The molecule has 0 aliphatic carbocycles. The van der Waals surface area contributed by atoms with E-state index in [4.69, 9.17) is 8.83 Å². The van der Waals surface area contributed by atoms with E-state index >= 15 is 0 Å². The maximum Gasteiger partial charge on any atom is 0.143 e. The molecule has 3 aromatic heterocycles. The van der Waals surface area contributed by atoms with Gasteiger partial charge in [0, 0.05) is 60.2 Å². The highest BCUT2D eigenvalue weighted by Crippen LogP contribution is 2.48. The number of hydrogen-bond acceptors (Lipinski definition) is 3. The Morgan fingerprint density at radius 3 is 1.68 bits per heavy atom. The molecule has 0 fully saturated rings. The zero-order chi connectivity index (χ0) is 43.3. The molecule has 3 heterocycles. The van der Waals surface area contributed by atoms with Crippen LogP contribution in [-0.2, 0) is 0 Å². The summed E-state index contributed by atoms with van der Waals surface area (Å²) in [5.41, 5.74) is 14.4. The van der Waals surface area contributed by atoms with Crippen molar-refractivity contribution in [2.75, 3.05) is 4.90 Å². The molecule has 4 heteroatoms. The van der Waals surface area contributed by atoms with Gasteiger partial charge in [0.2, 0.25) is 0 Å². The van der Waals surface area contributed by atoms with Crippen LogP contribution in [0.1, 0.15) is 0 Å². The van der Waals surface area contributed by atoms with Crippen LogP contribution in [0.3, 0.4) is 0 Å². The smallest absolute Gasteiger partial charge is 0.143 e. The van der Waals surface area contributed by atoms with Gasteiger partial charge in [-0.25, -0.2) is 0 Å². The Labute approximate surface area is 379 Å². The molecule has 14 aromatic rings. The van der Waals surface area contributed by atoms with Gasteiger partial charge in [-0.3, -0.25) is 0 Å². The van der Waals surface area contributed by atoms with Crippen LogP contribution in [0.15, 0.2) is 239 Å². The molecule has 14 rings (SSSR count). The zero-order valence-electron chi connectivity index (χ0n) is 35.7. The first kappa shape index (κ1) is 36.6. The van der Waals surface area contributed by atoms with E-state index in [0.29, 0.717) is 0 Å². The van der Waals surface area contributed by atoms with Gasteiger partial charge in [-0.15, -0.1) is 0 Å². The van der Waals surface area contributed by atoms with Gasteiger partial charge in [0.05, 0.1) is 22.4 Å². The minimum absolute atomic E-state index is 0.854. The number of anilines is 3. The molecule has 0 spiro atoms. The summed E-state index contributed by atoms with van der Waals surface area (Å²) in [5.74, 6) is 0. The molecule has 0 N–H and O–H groups in total. The van der Waals surface area contributed by atoms with Gasteiger partial charge in [-0.05, 0) is 94.0 Å². The molecule has 0 saturated carbocycles. The largest absolute Gasteiger partial charge is 0.456 e. The van der Waals surface area contributed by atoms with Gasteiger partial charge in [-0.1, -0.05) is 164 Å². The van der Waals surface area contributed by atoms with Crippen LogP contribution in [0, 0.1) is 0 Å². The van der Waals surface area contributed by atoms with Crippen LogP contribution in [0.5, 0.6) is 0 Å². The topological polar surface area (TPSA) is 34.5 Å². The fraction of sp³-hybridized carbons (Fsp3) is 0. The van der Waals surface area contributed by atoms with Crippen molar-refractivity contribution in [3.05, 3.63) is 231 Å². The number of hydrogen-bond donors (Lipinski definition) is 0. The first-order valence-corrected chi connectivity index (χ1v) is 22.5. The van der Waals surface area contributed by atoms with Gasteiger partial charge in [0.15, 0.2) is 0 Å². The number of nitrogens with zero attached hydrogens (tertiary/aromatic N) is 2. The van der Waals surface area contributed by atoms with Crippen molar-refractivity contribution in [2.45, 2.75) is 0 Å². The Bertz CT molecular complexity index is 4190. The Kier molecular flexibility index (Phi) is 7.95. The van der Waals surface area contributed by atoms with Crippen molar-refractivity contribution in [1.82, 2.24) is 4.57 Å². The summed E-state index contributed by atoms with van der Waals surface area (Å²) in [7, 11) is 0. The standard InChI is InChI=1S/C62H38N2O2/c1-2-17-43-40(16-1)36-57(46-19-4-3-18-45(43)46)63(41-34-32-39(33-35-41)44-25-15-31-60-61(44)51-24-9-14-30-59(51)65-60)42-37-52(62-53(38-42)50-23-8-13-29-58(50)66-62)49-22-7-12-28-56(49)64-54-26-10-5-20-47(54)48-21-6-11-27-55(48)64/h1-38H. The molecule has 0 atom stereocenters. The summed E-state index contributed by atoms with van der Waals surface area (Å²) < 4.78 is 15.7. The lowest BCUT2D eigenvalue weighted by molar-refractivity contribution is 0.669. The number of rotatable bonds is 6. The lowest BCUT2D eigenvalue weighted by Gasteiger charge is -2.28. The quantitative estimate of drug-likeness (QED) is 0.156. The summed E-state index contributed by atoms with van der Waals surface area (Å²) in [6.07, 6.45) is 0. The number of benzene rings is 11. The average molecular weight is 843 g/mol. The van der Waals surface area contributed by atoms with Crippen LogP contribution in [0.4, 0.5) is 17.1 Å². The molecular weight excluding hydrogens is 805 g/mol. The fourth-order valence-electron chi connectivity index (χ4n) is 10.7. The number of para-hydroxylation sites is 5. The van der Waals surface area contributed by atoms with Gasteiger partial charge in [-0.2, -0.15) is 0 Å². The van der Waals surface area contributed by atoms with Crippen LogP contribution in [-0.4, -0.2) is 4.57 Å². The number of fused-ring (bicyclic) bond motifs is 12. The maximum absolute atomic E-state index is 6.95. The van der Waals surface area contributed by atoms with Crippen molar-refractivity contribution in [1.29, 1.82) is 0 Å². The van der Waals surface area contributed by atoms with E-state index in [2.05, 4.69) is 228 Å². The highest BCUT2D eigenvalue weighted by molar-refractivity contribution is 6.18. The lowest BCUT2D eigenvalue weighted by Crippen LogP contribution is -2.11. The maximum atomic E-state index is 6.95. The summed E-state index contributed by atoms with van der Waals surface area (Å²) in [6, 6.07) is 82.9. The summed E-state index contributed by atoms with van der Waals surface area (Å²) >= 11 is 0. The normalized spacial score (nSPS) is 11.9. The Morgan fingerprint density at radius 1 is 0.333 bits per heavy atom. The van der Waals surface area contributed by atoms with Crippen molar-refractivity contribution in [2.24, 2.45) is 0 Å². The molecule has 11 aromatic carbocycles. The van der Waals surface area contributed by atoms with Crippen molar-refractivity contribution < 1.29 is 8.83 Å². The van der Waals surface area contributed by atoms with E-state index in [1.807, 2.05) is 12.1 Å². The molecule has 0 unspecified atom stereocenters. The third-order valence-electron chi connectivity index (χ3n) is 13.6. The minimum Gasteiger partial charge on any atom is -0.456 e. The minimum atomic E-state index is 0.854. The Balaban J connectivity index is 1.05. The highest BCUT2D eigenvalue weighted by Gasteiger charge is 2.24. The molecule has 0 amide bonds. The average Bonchev–Trinajstić information content (AvgIpc) is 4.06. The predicted octanol–water partition coefficient (Wildman–Crippen LogP) is 17.7. The molecule has 4 nitrogen and oxygen atoms in total. The van der Waals surface area contributed by atoms with Crippen LogP contribution < -0.4 is 4.90 Å². The Morgan fingerprint density at radius 2 is 0.909 bits per heavy atom. The second-order valence-corrected chi connectivity index (χ2v) is 17.2. The first-order chi connectivity index (χ1) is 32.7. The van der Waals surface area contributed by atoms with Crippen molar-refractivity contribution >= 4 is 104 Å². The molecular formula is C62H38N2O2. The summed E-state index contributed by atoms with van der Waals surface area (Å²) in [5, 5.41) is 11.6. The third kappa shape index (κ3) is 5.45. The van der Waals surface area contributed by atoms with E-state index in [-0.39, 0.29) is 0 Å². The predicted molar refractivity (Wildman–Crippen MR) is 276 cm³/mol. The fourth-order valence-corrected chi connectivity index (χ4v) is 10.7. The monoisotopic (exact) mass is 842 g/mol. The Hall–Kier alpha value is -8.86. The second-order valence-electron chi connectivity index (χ2n) is 17.2. The highest BCUT2D eigenvalue weighted by atomic mass is 16.3. The first-order valence-electron chi connectivity index (χ1n) is 22.5. The molecule has 66 heavy (non-hydrogen) atoms. The molecule has 0 aliphatic rings. The molecule has 0 saturated heterocycles. The third-order valence-corrected chi connectivity index (χ3v) is 13.6. The number of aromatic nitrogens is 1. The van der Waals surface area contributed by atoms with Crippen LogP contribution >= 0.6 is 0 Å². The molecule has 308 valence electrons. The van der Waals surface area contributed by atoms with Gasteiger partial charge < -0.3 is 18.3 Å². The number of furan rings is 2. The van der Waals surface area contributed by atoms with Crippen LogP contribution in [0.25, 0.3) is 115 Å². The SMILES string of the molecule is c1ccc(-n2c3ccccc3c3ccccc32)c(-c2cc(N(c3ccc(-c4cccc5oc6ccccc6c45)cc3)c3cc4ccccc4c4ccccc34)cc3c2oc2ccccc23)c1. The van der Waals surface area contributed by atoms with Crippen LogP contribution in [0.2, 0.25) is 0 Å². The zero-order valence-corrected chi connectivity index (χ0v) is 35.7.